The Hall–Kier alpha value is -1.07. The van der Waals surface area contributed by atoms with Gasteiger partial charge in [0.15, 0.2) is 0 Å². The molecule has 4 nitrogen and oxygen atoms in total. The smallest absolute Gasteiger partial charge is 0.133 e. The Bertz CT molecular complexity index is 566. The van der Waals surface area contributed by atoms with E-state index in [4.69, 9.17) is 4.74 Å². The summed E-state index contributed by atoms with van der Waals surface area (Å²) in [6.45, 7) is 2.42. The van der Waals surface area contributed by atoms with Crippen LogP contribution in [-0.4, -0.2) is 36.9 Å². The van der Waals surface area contributed by atoms with E-state index in [0.29, 0.717) is 12.0 Å². The lowest BCUT2D eigenvalue weighted by Crippen LogP contribution is -2.56. The molecule has 1 aromatic rings. The molecule has 4 aliphatic rings. The van der Waals surface area contributed by atoms with Crippen molar-refractivity contribution in [3.05, 3.63) is 28.2 Å². The number of fused-ring (bicyclic) bond motifs is 2. The van der Waals surface area contributed by atoms with Gasteiger partial charge >= 0.3 is 0 Å². The number of ether oxygens (including phenoxy) is 1. The van der Waals surface area contributed by atoms with E-state index in [0.717, 1.165) is 10.2 Å². The number of nitrogens with one attached hydrogen (secondary N) is 1. The minimum Gasteiger partial charge on any atom is -0.496 e. The molecule has 0 aromatic heterocycles. The summed E-state index contributed by atoms with van der Waals surface area (Å²) in [6, 6.07) is 7.04. The standard InChI is InChI=1S/C15H18BrN3O/c1-20-12-3-2-10(8-11(12)16)14-15-13(17-18-14)9-4-6-19(15)7-5-9/h2-3,8-9,14-15,18H,4-7H2,1H3/t14-,15+/m1/s1. The molecule has 2 bridgehead atoms. The number of hydrazone groups is 1. The van der Waals surface area contributed by atoms with Crippen LogP contribution in [0.5, 0.6) is 5.75 Å². The number of piperidine rings is 3. The fourth-order valence-electron chi connectivity index (χ4n) is 3.79. The minimum atomic E-state index is 0.273. The number of benzene rings is 1. The highest BCUT2D eigenvalue weighted by Gasteiger charge is 2.46. The van der Waals surface area contributed by atoms with E-state index in [-0.39, 0.29) is 6.04 Å². The summed E-state index contributed by atoms with van der Waals surface area (Å²) in [7, 11) is 1.70. The quantitative estimate of drug-likeness (QED) is 0.902. The molecule has 0 aliphatic carbocycles. The Morgan fingerprint density at radius 2 is 2.15 bits per heavy atom. The van der Waals surface area contributed by atoms with E-state index < -0.39 is 0 Å². The van der Waals surface area contributed by atoms with Crippen LogP contribution in [0.1, 0.15) is 24.4 Å². The highest BCUT2D eigenvalue weighted by molar-refractivity contribution is 9.10. The van der Waals surface area contributed by atoms with Crippen molar-refractivity contribution in [3.8, 4) is 5.75 Å². The van der Waals surface area contributed by atoms with Gasteiger partial charge in [0.05, 0.1) is 29.4 Å². The Labute approximate surface area is 127 Å². The molecule has 5 rings (SSSR count). The largest absolute Gasteiger partial charge is 0.496 e. The molecule has 0 saturated carbocycles. The van der Waals surface area contributed by atoms with Gasteiger partial charge in [-0.2, -0.15) is 5.10 Å². The lowest BCUT2D eigenvalue weighted by Gasteiger charge is -2.45. The first-order valence-corrected chi connectivity index (χ1v) is 7.97. The molecule has 20 heavy (non-hydrogen) atoms. The zero-order chi connectivity index (χ0) is 13.7. The van der Waals surface area contributed by atoms with E-state index in [9.17, 15) is 0 Å². The monoisotopic (exact) mass is 335 g/mol. The number of rotatable bonds is 2. The summed E-state index contributed by atoms with van der Waals surface area (Å²) in [4.78, 5) is 2.58. The fraction of sp³-hybridized carbons (Fsp3) is 0.533. The lowest BCUT2D eigenvalue weighted by molar-refractivity contribution is 0.133. The Kier molecular flexibility index (Phi) is 3.00. The molecule has 0 unspecified atom stereocenters. The van der Waals surface area contributed by atoms with Gasteiger partial charge in [0.1, 0.15) is 5.75 Å². The highest BCUT2D eigenvalue weighted by Crippen LogP contribution is 2.40. The van der Waals surface area contributed by atoms with Crippen LogP contribution in [0.4, 0.5) is 0 Å². The number of methoxy groups -OCH3 is 1. The maximum absolute atomic E-state index is 5.31. The van der Waals surface area contributed by atoms with Crippen molar-refractivity contribution in [2.24, 2.45) is 11.0 Å². The van der Waals surface area contributed by atoms with E-state index in [2.05, 4.69) is 43.5 Å². The molecular weight excluding hydrogens is 318 g/mol. The first-order chi connectivity index (χ1) is 9.78. The average Bonchev–Trinajstić information content (AvgIpc) is 2.95. The first kappa shape index (κ1) is 12.7. The molecule has 3 saturated heterocycles. The van der Waals surface area contributed by atoms with Crippen molar-refractivity contribution < 1.29 is 4.74 Å². The van der Waals surface area contributed by atoms with Gasteiger partial charge in [-0.05, 0) is 59.6 Å². The third kappa shape index (κ3) is 1.79. The van der Waals surface area contributed by atoms with Gasteiger partial charge in [-0.15, -0.1) is 0 Å². The molecule has 5 heteroatoms. The van der Waals surface area contributed by atoms with E-state index >= 15 is 0 Å². The van der Waals surface area contributed by atoms with Crippen LogP contribution < -0.4 is 10.2 Å². The van der Waals surface area contributed by atoms with Crippen molar-refractivity contribution in [1.29, 1.82) is 0 Å². The van der Waals surface area contributed by atoms with Crippen LogP contribution in [0.3, 0.4) is 0 Å². The summed E-state index contributed by atoms with van der Waals surface area (Å²) in [5, 5.41) is 4.65. The maximum Gasteiger partial charge on any atom is 0.133 e. The molecule has 0 radical (unpaired) electrons. The molecule has 1 aromatic carbocycles. The Morgan fingerprint density at radius 3 is 2.85 bits per heavy atom. The summed E-state index contributed by atoms with van der Waals surface area (Å²) >= 11 is 3.58. The van der Waals surface area contributed by atoms with Crippen LogP contribution in [0.25, 0.3) is 0 Å². The van der Waals surface area contributed by atoms with E-state index in [1.807, 2.05) is 6.07 Å². The minimum absolute atomic E-state index is 0.273. The average molecular weight is 336 g/mol. The zero-order valence-corrected chi connectivity index (χ0v) is 13.1. The molecule has 106 valence electrons. The van der Waals surface area contributed by atoms with Gasteiger partial charge in [0.2, 0.25) is 0 Å². The van der Waals surface area contributed by atoms with Gasteiger partial charge in [0.25, 0.3) is 0 Å². The van der Waals surface area contributed by atoms with Gasteiger partial charge in [-0.3, -0.25) is 4.90 Å². The third-order valence-corrected chi connectivity index (χ3v) is 5.45. The van der Waals surface area contributed by atoms with Gasteiger partial charge in [-0.25, -0.2) is 0 Å². The lowest BCUT2D eigenvalue weighted by atomic mass is 9.78. The van der Waals surface area contributed by atoms with Crippen molar-refractivity contribution in [2.45, 2.75) is 24.9 Å². The summed E-state index contributed by atoms with van der Waals surface area (Å²) in [5.74, 6) is 1.57. The first-order valence-electron chi connectivity index (χ1n) is 7.18. The predicted octanol–water partition coefficient (Wildman–Crippen LogP) is 2.55. The molecule has 3 fully saturated rings. The van der Waals surface area contributed by atoms with Crippen molar-refractivity contribution in [1.82, 2.24) is 10.3 Å². The molecular formula is C15H18BrN3O. The van der Waals surface area contributed by atoms with Crippen LogP contribution in [-0.2, 0) is 0 Å². The van der Waals surface area contributed by atoms with E-state index in [1.165, 1.54) is 37.2 Å². The number of nitrogens with zero attached hydrogens (tertiary/aromatic N) is 2. The van der Waals surface area contributed by atoms with Crippen LogP contribution in [0.2, 0.25) is 0 Å². The number of halogens is 1. The molecule has 0 spiro atoms. The number of hydrogen-bond acceptors (Lipinski definition) is 4. The van der Waals surface area contributed by atoms with E-state index in [1.54, 1.807) is 7.11 Å². The SMILES string of the molecule is COc1ccc([C@H]2NN=C3C4CCN(CC4)[C@@H]32)cc1Br. The van der Waals surface area contributed by atoms with Gasteiger partial charge in [-0.1, -0.05) is 6.07 Å². The topological polar surface area (TPSA) is 36.9 Å². The second-order valence-electron chi connectivity index (χ2n) is 5.79. The molecule has 1 N–H and O–H groups in total. The number of hydrogen-bond donors (Lipinski definition) is 1. The van der Waals surface area contributed by atoms with Crippen molar-refractivity contribution >= 4 is 21.6 Å². The molecule has 4 heterocycles. The highest BCUT2D eigenvalue weighted by atomic mass is 79.9. The second kappa shape index (κ2) is 4.74. The van der Waals surface area contributed by atoms with Crippen LogP contribution in [0.15, 0.2) is 27.8 Å². The van der Waals surface area contributed by atoms with Crippen LogP contribution >= 0.6 is 15.9 Å². The summed E-state index contributed by atoms with van der Waals surface area (Å²) in [5.41, 5.74) is 6.01. The Morgan fingerprint density at radius 1 is 1.35 bits per heavy atom. The maximum atomic E-state index is 5.31. The van der Waals surface area contributed by atoms with Crippen LogP contribution in [0, 0.1) is 5.92 Å². The fourth-order valence-corrected chi connectivity index (χ4v) is 4.35. The predicted molar refractivity (Wildman–Crippen MR) is 82.1 cm³/mol. The van der Waals surface area contributed by atoms with Crippen molar-refractivity contribution in [2.75, 3.05) is 20.2 Å². The van der Waals surface area contributed by atoms with Gasteiger partial charge in [0, 0.05) is 5.92 Å². The zero-order valence-electron chi connectivity index (χ0n) is 11.5. The van der Waals surface area contributed by atoms with Gasteiger partial charge < -0.3 is 10.2 Å². The summed E-state index contributed by atoms with van der Waals surface area (Å²) < 4.78 is 6.32. The molecule has 2 atom stereocenters. The molecule has 4 aliphatic heterocycles. The Balaban J connectivity index is 1.66. The normalized spacial score (nSPS) is 34.4. The van der Waals surface area contributed by atoms with Crippen molar-refractivity contribution in [3.63, 3.8) is 0 Å². The summed E-state index contributed by atoms with van der Waals surface area (Å²) in [6.07, 6.45) is 2.55. The molecule has 0 amide bonds. The third-order valence-electron chi connectivity index (χ3n) is 4.83. The second-order valence-corrected chi connectivity index (χ2v) is 6.65.